The van der Waals surface area contributed by atoms with Crippen LogP contribution in [-0.2, 0) is 0 Å². The molecule has 6 nitrogen and oxygen atoms in total. The lowest BCUT2D eigenvalue weighted by atomic mass is 10.0. The summed E-state index contributed by atoms with van der Waals surface area (Å²) >= 11 is 0. The molecule has 0 fully saturated rings. The van der Waals surface area contributed by atoms with Gasteiger partial charge in [0.15, 0.2) is 0 Å². The van der Waals surface area contributed by atoms with E-state index in [1.54, 1.807) is 0 Å². The molecule has 0 radical (unpaired) electrons. The van der Waals surface area contributed by atoms with Crippen LogP contribution in [0.1, 0.15) is 0 Å². The minimum atomic E-state index is 0.616. The van der Waals surface area contributed by atoms with Crippen LogP contribution < -0.4 is 0 Å². The maximum Gasteiger partial charge on any atom is 0.234 e. The van der Waals surface area contributed by atoms with Gasteiger partial charge < -0.3 is 13.4 Å². The average molecular weight is 743 g/mol. The summed E-state index contributed by atoms with van der Waals surface area (Å²) in [6.07, 6.45) is 3.90. The van der Waals surface area contributed by atoms with Crippen LogP contribution in [0.2, 0.25) is 0 Å². The minimum absolute atomic E-state index is 0.616. The molecule has 13 aromatic rings. The van der Waals surface area contributed by atoms with Crippen LogP contribution in [0.15, 0.2) is 191 Å². The van der Waals surface area contributed by atoms with Crippen molar-refractivity contribution in [2.24, 2.45) is 0 Å². The predicted molar refractivity (Wildman–Crippen MR) is 236 cm³/mol. The van der Waals surface area contributed by atoms with Crippen LogP contribution in [0.5, 0.6) is 0 Å². The Morgan fingerprint density at radius 3 is 1.26 bits per heavy atom. The van der Waals surface area contributed by atoms with Crippen LogP contribution in [0.3, 0.4) is 0 Å². The first-order valence-electron chi connectivity index (χ1n) is 19.5. The average Bonchev–Trinajstić information content (AvgIpc) is 4.03. The number of nitrogens with zero attached hydrogens (tertiary/aromatic N) is 4. The summed E-state index contributed by atoms with van der Waals surface area (Å²) in [5.74, 6) is 0.616. The van der Waals surface area contributed by atoms with Gasteiger partial charge in [-0.15, -0.1) is 0 Å². The van der Waals surface area contributed by atoms with E-state index in [1.807, 2.05) is 36.7 Å². The van der Waals surface area contributed by atoms with Crippen molar-refractivity contribution >= 4 is 87.5 Å². The van der Waals surface area contributed by atoms with E-state index in [0.29, 0.717) is 5.95 Å². The number of aromatic nitrogens is 4. The second-order valence-corrected chi connectivity index (χ2v) is 15.0. The van der Waals surface area contributed by atoms with Crippen molar-refractivity contribution in [3.63, 3.8) is 0 Å². The van der Waals surface area contributed by atoms with Gasteiger partial charge in [-0.3, -0.25) is 4.57 Å². The van der Waals surface area contributed by atoms with E-state index in [9.17, 15) is 0 Å². The lowest BCUT2D eigenvalue weighted by Gasteiger charge is -2.11. The lowest BCUT2D eigenvalue weighted by molar-refractivity contribution is 0.668. The van der Waals surface area contributed by atoms with Crippen molar-refractivity contribution in [3.05, 3.63) is 182 Å². The molecule has 6 heteroatoms. The number of fused-ring (bicyclic) bond motifs is 12. The predicted octanol–water partition coefficient (Wildman–Crippen LogP) is 13.8. The van der Waals surface area contributed by atoms with Gasteiger partial charge in [0.1, 0.15) is 22.3 Å². The molecule has 0 aliphatic rings. The fourth-order valence-electron chi connectivity index (χ4n) is 9.15. The van der Waals surface area contributed by atoms with Crippen LogP contribution in [0.25, 0.3) is 121 Å². The quantitative estimate of drug-likeness (QED) is 0.180. The van der Waals surface area contributed by atoms with Gasteiger partial charge in [0.2, 0.25) is 5.95 Å². The van der Waals surface area contributed by atoms with Gasteiger partial charge in [-0.25, -0.2) is 9.97 Å². The minimum Gasteiger partial charge on any atom is -0.456 e. The zero-order valence-corrected chi connectivity index (χ0v) is 30.9. The SMILES string of the molecule is c1ccc2c(c1)oc1ccc(-c3ccc4c5ccccc5n(-c5cnc(-n6c7ccccc7c7ccc(-c8ccc9oc%10ccccc%10c9c8)cc76)nc5)c4c3)cc12. The number of para-hydroxylation sites is 4. The smallest absolute Gasteiger partial charge is 0.234 e. The maximum absolute atomic E-state index is 6.14. The number of rotatable bonds is 4. The van der Waals surface area contributed by atoms with E-state index >= 15 is 0 Å². The van der Waals surface area contributed by atoms with Crippen molar-refractivity contribution in [1.29, 1.82) is 0 Å². The summed E-state index contributed by atoms with van der Waals surface area (Å²) < 4.78 is 16.7. The molecule has 0 aliphatic carbocycles. The molecule has 0 aliphatic heterocycles. The molecule has 8 aromatic carbocycles. The molecule has 0 unspecified atom stereocenters. The van der Waals surface area contributed by atoms with Crippen LogP contribution in [0.4, 0.5) is 0 Å². The Kier molecular flexibility index (Phi) is 6.35. The highest BCUT2D eigenvalue weighted by Crippen LogP contribution is 2.39. The zero-order chi connectivity index (χ0) is 37.9. The number of hydrogen-bond acceptors (Lipinski definition) is 4. The van der Waals surface area contributed by atoms with Gasteiger partial charge in [-0.05, 0) is 82.9 Å². The first-order chi connectivity index (χ1) is 28.7. The van der Waals surface area contributed by atoms with Crippen molar-refractivity contribution in [2.45, 2.75) is 0 Å². The molecule has 5 heterocycles. The lowest BCUT2D eigenvalue weighted by Crippen LogP contribution is -2.03. The molecule has 0 saturated heterocycles. The number of furan rings is 2. The van der Waals surface area contributed by atoms with E-state index in [0.717, 1.165) is 105 Å². The molecule has 13 rings (SSSR count). The van der Waals surface area contributed by atoms with E-state index in [2.05, 4.69) is 155 Å². The van der Waals surface area contributed by atoms with Gasteiger partial charge in [-0.2, -0.15) is 0 Å². The summed E-state index contributed by atoms with van der Waals surface area (Å²) in [6.45, 7) is 0. The van der Waals surface area contributed by atoms with E-state index in [4.69, 9.17) is 18.8 Å². The summed E-state index contributed by atoms with van der Waals surface area (Å²) in [6, 6.07) is 59.8. The standard InChI is InChI=1S/C52H30N4O2/c1-5-13-44-36(9-1)38-21-17-33(31-19-23-50-42(25-31)40-11-3-7-15-48(40)57-50)27-46(38)55(44)35-29-53-52(54-30-35)56-45-14-6-2-10-37(45)39-22-18-34(28-47(39)56)32-20-24-51-43(26-32)41-12-4-8-16-49(41)58-51/h1-30H. The third-order valence-electron chi connectivity index (χ3n) is 11.9. The number of hydrogen-bond donors (Lipinski definition) is 0. The summed E-state index contributed by atoms with van der Waals surface area (Å²) in [5, 5.41) is 9.13. The van der Waals surface area contributed by atoms with Crippen LogP contribution in [0, 0.1) is 0 Å². The van der Waals surface area contributed by atoms with Crippen molar-refractivity contribution in [2.75, 3.05) is 0 Å². The Morgan fingerprint density at radius 1 is 0.310 bits per heavy atom. The van der Waals surface area contributed by atoms with Crippen molar-refractivity contribution in [3.8, 4) is 33.9 Å². The largest absolute Gasteiger partial charge is 0.456 e. The normalized spacial score (nSPS) is 12.1. The molecule has 270 valence electrons. The molecule has 58 heavy (non-hydrogen) atoms. The molecular weight excluding hydrogens is 713 g/mol. The van der Waals surface area contributed by atoms with Crippen molar-refractivity contribution < 1.29 is 8.83 Å². The molecule has 0 N–H and O–H groups in total. The molecule has 0 saturated carbocycles. The summed E-state index contributed by atoms with van der Waals surface area (Å²) in [7, 11) is 0. The fraction of sp³-hybridized carbons (Fsp3) is 0. The van der Waals surface area contributed by atoms with Gasteiger partial charge in [0, 0.05) is 43.1 Å². The van der Waals surface area contributed by atoms with E-state index in [1.165, 1.54) is 10.8 Å². The first-order valence-corrected chi connectivity index (χ1v) is 19.5. The summed E-state index contributed by atoms with van der Waals surface area (Å²) in [4.78, 5) is 10.2. The molecular formula is C52H30N4O2. The van der Waals surface area contributed by atoms with Crippen LogP contribution in [-0.4, -0.2) is 19.1 Å². The van der Waals surface area contributed by atoms with Gasteiger partial charge in [0.25, 0.3) is 0 Å². The molecule has 5 aromatic heterocycles. The zero-order valence-electron chi connectivity index (χ0n) is 30.9. The second-order valence-electron chi connectivity index (χ2n) is 15.0. The topological polar surface area (TPSA) is 61.9 Å². The first kappa shape index (κ1) is 31.3. The molecule has 0 amide bonds. The Bertz CT molecular complexity index is 3560. The Morgan fingerprint density at radius 2 is 0.707 bits per heavy atom. The maximum atomic E-state index is 6.14. The highest BCUT2D eigenvalue weighted by atomic mass is 16.3. The van der Waals surface area contributed by atoms with Crippen LogP contribution >= 0.6 is 0 Å². The molecule has 0 atom stereocenters. The second kappa shape index (κ2) is 11.8. The van der Waals surface area contributed by atoms with E-state index < -0.39 is 0 Å². The Hall–Kier alpha value is -7.96. The monoisotopic (exact) mass is 742 g/mol. The summed E-state index contributed by atoms with van der Waals surface area (Å²) in [5.41, 5.74) is 13.3. The van der Waals surface area contributed by atoms with Gasteiger partial charge in [-0.1, -0.05) is 109 Å². The molecule has 0 bridgehead atoms. The third-order valence-corrected chi connectivity index (χ3v) is 11.9. The Labute approximate surface area is 330 Å². The number of benzene rings is 8. The Balaban J connectivity index is 0.953. The van der Waals surface area contributed by atoms with Crippen molar-refractivity contribution in [1.82, 2.24) is 19.1 Å². The highest BCUT2D eigenvalue weighted by molar-refractivity contribution is 6.12. The van der Waals surface area contributed by atoms with Gasteiger partial charge >= 0.3 is 0 Å². The third kappa shape index (κ3) is 4.48. The van der Waals surface area contributed by atoms with E-state index in [-0.39, 0.29) is 0 Å². The fourth-order valence-corrected chi connectivity index (χ4v) is 9.15. The highest BCUT2D eigenvalue weighted by Gasteiger charge is 2.18. The van der Waals surface area contributed by atoms with Gasteiger partial charge in [0.05, 0.1) is 40.1 Å². The molecule has 0 spiro atoms.